The molecular formula is C19H19N9O2. The van der Waals surface area contributed by atoms with E-state index in [-0.39, 0.29) is 16.8 Å². The molecule has 11 nitrogen and oxygen atoms in total. The summed E-state index contributed by atoms with van der Waals surface area (Å²) in [5, 5.41) is 14.7. The van der Waals surface area contributed by atoms with Gasteiger partial charge in [0.05, 0.1) is 12.2 Å². The van der Waals surface area contributed by atoms with Gasteiger partial charge in [-0.25, -0.2) is 4.98 Å². The fraction of sp³-hybridized carbons (Fsp3) is 0.211. The average molecular weight is 405 g/mol. The van der Waals surface area contributed by atoms with Crippen LogP contribution < -0.4 is 21.9 Å². The highest BCUT2D eigenvalue weighted by atomic mass is 16.1. The number of primary amides is 1. The number of hydrogen-bond donors (Lipinski definition) is 3. The molecule has 4 aromatic heterocycles. The Labute approximate surface area is 170 Å². The van der Waals surface area contributed by atoms with Crippen molar-refractivity contribution >= 4 is 28.9 Å². The van der Waals surface area contributed by atoms with E-state index in [0.717, 1.165) is 12.8 Å². The lowest BCUT2D eigenvalue weighted by Gasteiger charge is -2.11. The van der Waals surface area contributed by atoms with Crippen molar-refractivity contribution in [3.63, 3.8) is 0 Å². The summed E-state index contributed by atoms with van der Waals surface area (Å²) in [4.78, 5) is 29.1. The fourth-order valence-corrected chi connectivity index (χ4v) is 3.29. The van der Waals surface area contributed by atoms with Gasteiger partial charge in [-0.2, -0.15) is 14.7 Å². The molecule has 0 saturated heterocycles. The summed E-state index contributed by atoms with van der Waals surface area (Å²) in [6.07, 6.45) is 7.15. The predicted molar refractivity (Wildman–Crippen MR) is 110 cm³/mol. The van der Waals surface area contributed by atoms with Crippen LogP contribution in [-0.2, 0) is 0 Å². The number of hydrogen-bond acceptors (Lipinski definition) is 7. The first kappa shape index (κ1) is 17.9. The summed E-state index contributed by atoms with van der Waals surface area (Å²) >= 11 is 0. The van der Waals surface area contributed by atoms with Crippen LogP contribution >= 0.6 is 0 Å². The maximum Gasteiger partial charge on any atom is 0.280 e. The van der Waals surface area contributed by atoms with E-state index in [9.17, 15) is 9.59 Å². The van der Waals surface area contributed by atoms with Gasteiger partial charge in [-0.15, -0.1) is 0 Å². The number of anilines is 3. The van der Waals surface area contributed by atoms with Crippen molar-refractivity contribution in [3.05, 3.63) is 58.8 Å². The van der Waals surface area contributed by atoms with Gasteiger partial charge in [-0.1, -0.05) is 0 Å². The van der Waals surface area contributed by atoms with Crippen LogP contribution in [0, 0.1) is 0 Å². The summed E-state index contributed by atoms with van der Waals surface area (Å²) < 4.78 is 4.84. The molecule has 4 heterocycles. The number of amides is 1. The molecule has 1 saturated carbocycles. The van der Waals surface area contributed by atoms with Gasteiger partial charge in [0.25, 0.3) is 11.5 Å². The standard InChI is InChI=1S/C19H19N9O2/c1-21-16-9-14(24-18-12(17(20)29)10-22-28(16)18)23-13-3-2-7-26(19(13)30)15-6-8-27(25-15)11-4-5-11/h2-3,6-11,21H,4-5H2,1H3,(H2,20,29)(H,23,24). The minimum absolute atomic E-state index is 0.186. The van der Waals surface area contributed by atoms with Crippen molar-refractivity contribution in [2.45, 2.75) is 18.9 Å². The molecule has 1 aliphatic carbocycles. The molecule has 1 fully saturated rings. The Morgan fingerprint density at radius 1 is 1.27 bits per heavy atom. The zero-order chi connectivity index (χ0) is 20.8. The predicted octanol–water partition coefficient (Wildman–Crippen LogP) is 1.30. The maximum atomic E-state index is 13.0. The number of rotatable bonds is 6. The Balaban J connectivity index is 1.54. The molecule has 0 spiro atoms. The minimum atomic E-state index is -0.634. The number of nitrogens with zero attached hydrogens (tertiary/aromatic N) is 6. The molecule has 0 aliphatic heterocycles. The lowest BCUT2D eigenvalue weighted by Crippen LogP contribution is -2.21. The van der Waals surface area contributed by atoms with Gasteiger partial charge in [0, 0.05) is 31.6 Å². The second-order valence-corrected chi connectivity index (χ2v) is 7.04. The van der Waals surface area contributed by atoms with Gasteiger partial charge in [0.1, 0.15) is 22.9 Å². The first-order chi connectivity index (χ1) is 14.5. The van der Waals surface area contributed by atoms with Crippen LogP contribution in [0.25, 0.3) is 11.5 Å². The average Bonchev–Trinajstić information content (AvgIpc) is 3.30. The SMILES string of the molecule is CNc1cc(Nc2cccn(-c3ccn(C4CC4)n3)c2=O)nc2c(C(N)=O)cnn12. The van der Waals surface area contributed by atoms with E-state index < -0.39 is 5.91 Å². The summed E-state index contributed by atoms with van der Waals surface area (Å²) in [5.41, 5.74) is 5.94. The third-order valence-electron chi connectivity index (χ3n) is 4.97. The zero-order valence-corrected chi connectivity index (χ0v) is 16.1. The monoisotopic (exact) mass is 405 g/mol. The molecule has 152 valence electrons. The minimum Gasteiger partial charge on any atom is -0.373 e. The Morgan fingerprint density at radius 2 is 2.10 bits per heavy atom. The van der Waals surface area contributed by atoms with E-state index in [1.165, 1.54) is 15.3 Å². The normalized spacial score (nSPS) is 13.5. The summed E-state index contributed by atoms with van der Waals surface area (Å²) in [7, 11) is 1.72. The van der Waals surface area contributed by atoms with E-state index in [2.05, 4.69) is 25.8 Å². The van der Waals surface area contributed by atoms with Gasteiger partial charge in [-0.05, 0) is 25.0 Å². The van der Waals surface area contributed by atoms with Crippen LogP contribution in [0.1, 0.15) is 29.2 Å². The molecule has 4 N–H and O–H groups in total. The zero-order valence-electron chi connectivity index (χ0n) is 16.1. The van der Waals surface area contributed by atoms with Crippen molar-refractivity contribution in [1.29, 1.82) is 0 Å². The van der Waals surface area contributed by atoms with Gasteiger partial charge in [0.15, 0.2) is 11.5 Å². The summed E-state index contributed by atoms with van der Waals surface area (Å²) in [6, 6.07) is 7.35. The molecular weight excluding hydrogens is 386 g/mol. The van der Waals surface area contributed by atoms with Gasteiger partial charge in [0.2, 0.25) is 0 Å². The maximum absolute atomic E-state index is 13.0. The van der Waals surface area contributed by atoms with Crippen LogP contribution in [0.2, 0.25) is 0 Å². The number of nitrogens with one attached hydrogen (secondary N) is 2. The Hall–Kier alpha value is -4.15. The highest BCUT2D eigenvalue weighted by Gasteiger charge is 2.24. The number of fused-ring (bicyclic) bond motifs is 1. The second kappa shape index (κ2) is 6.72. The van der Waals surface area contributed by atoms with Gasteiger partial charge >= 0.3 is 0 Å². The van der Waals surface area contributed by atoms with Gasteiger partial charge in [-0.3, -0.25) is 18.8 Å². The Morgan fingerprint density at radius 3 is 2.83 bits per heavy atom. The molecule has 1 amide bonds. The van der Waals surface area contributed by atoms with Gasteiger partial charge < -0.3 is 16.4 Å². The second-order valence-electron chi connectivity index (χ2n) is 7.04. The van der Waals surface area contributed by atoms with E-state index in [0.29, 0.717) is 29.2 Å². The molecule has 0 aromatic carbocycles. The molecule has 1 aliphatic rings. The number of carbonyl (C=O) groups excluding carboxylic acids is 1. The molecule has 5 rings (SSSR count). The number of pyridine rings is 1. The van der Waals surface area contributed by atoms with Crippen molar-refractivity contribution < 1.29 is 4.79 Å². The number of nitrogens with two attached hydrogens (primary N) is 1. The third kappa shape index (κ3) is 2.96. The Kier molecular flexibility index (Phi) is 4.02. The molecule has 0 radical (unpaired) electrons. The van der Waals surface area contributed by atoms with Crippen LogP contribution in [0.4, 0.5) is 17.3 Å². The van der Waals surface area contributed by atoms with Crippen molar-refractivity contribution in [2.24, 2.45) is 5.73 Å². The van der Waals surface area contributed by atoms with E-state index in [4.69, 9.17) is 5.73 Å². The fourth-order valence-electron chi connectivity index (χ4n) is 3.29. The number of carbonyl (C=O) groups is 1. The highest BCUT2D eigenvalue weighted by molar-refractivity contribution is 5.98. The first-order valence-corrected chi connectivity index (χ1v) is 9.45. The van der Waals surface area contributed by atoms with Crippen LogP contribution in [0.3, 0.4) is 0 Å². The van der Waals surface area contributed by atoms with E-state index in [1.807, 2.05) is 16.9 Å². The topological polar surface area (TPSA) is 137 Å². The first-order valence-electron chi connectivity index (χ1n) is 9.45. The van der Waals surface area contributed by atoms with Crippen LogP contribution in [-0.4, -0.2) is 41.9 Å². The number of aromatic nitrogens is 6. The van der Waals surface area contributed by atoms with E-state index >= 15 is 0 Å². The van der Waals surface area contributed by atoms with E-state index in [1.54, 1.807) is 31.4 Å². The molecule has 0 atom stereocenters. The lowest BCUT2D eigenvalue weighted by molar-refractivity contribution is 0.100. The molecule has 4 aromatic rings. The van der Waals surface area contributed by atoms with Crippen molar-refractivity contribution in [2.75, 3.05) is 17.7 Å². The lowest BCUT2D eigenvalue weighted by atomic mass is 10.3. The Bertz CT molecular complexity index is 1330. The largest absolute Gasteiger partial charge is 0.373 e. The highest BCUT2D eigenvalue weighted by Crippen LogP contribution is 2.34. The summed E-state index contributed by atoms with van der Waals surface area (Å²) in [6.45, 7) is 0. The molecule has 11 heteroatoms. The third-order valence-corrected chi connectivity index (χ3v) is 4.97. The molecule has 0 bridgehead atoms. The molecule has 30 heavy (non-hydrogen) atoms. The molecule has 0 unspecified atom stereocenters. The van der Waals surface area contributed by atoms with Crippen molar-refractivity contribution in [3.8, 4) is 5.82 Å². The quantitative estimate of drug-likeness (QED) is 0.440. The smallest absolute Gasteiger partial charge is 0.280 e. The van der Waals surface area contributed by atoms with Crippen LogP contribution in [0.5, 0.6) is 0 Å². The summed E-state index contributed by atoms with van der Waals surface area (Å²) in [5.74, 6) is 0.870. The van der Waals surface area contributed by atoms with Crippen molar-refractivity contribution in [1.82, 2.24) is 28.9 Å². The van der Waals surface area contributed by atoms with Crippen LogP contribution in [0.15, 0.2) is 47.7 Å².